The van der Waals surface area contributed by atoms with Gasteiger partial charge in [-0.05, 0) is 50.8 Å². The first-order valence-corrected chi connectivity index (χ1v) is 9.49. The van der Waals surface area contributed by atoms with Gasteiger partial charge in [0.1, 0.15) is 12.1 Å². The number of piperidine rings is 1. The molecule has 1 aliphatic rings. The van der Waals surface area contributed by atoms with E-state index in [-0.39, 0.29) is 18.0 Å². The Bertz CT molecular complexity index is 613. The molecule has 0 bridgehead atoms. The number of rotatable bonds is 7. The Hall–Kier alpha value is -1.15. The van der Waals surface area contributed by atoms with Crippen LogP contribution in [0.3, 0.4) is 0 Å². The summed E-state index contributed by atoms with van der Waals surface area (Å²) in [5, 5.41) is 0.691. The van der Waals surface area contributed by atoms with E-state index >= 15 is 0 Å². The number of hydrogen-bond donors (Lipinski definition) is 1. The lowest BCUT2D eigenvalue weighted by atomic mass is 9.74. The molecule has 1 saturated heterocycles. The molecule has 1 aromatic rings. The number of nitroso groups, excluding NO2 is 1. The van der Waals surface area contributed by atoms with Crippen LogP contribution in [0.25, 0.3) is 0 Å². The summed E-state index contributed by atoms with van der Waals surface area (Å²) >= 11 is 6.66. The van der Waals surface area contributed by atoms with Crippen molar-refractivity contribution >= 4 is 29.6 Å². The normalized spacial score (nSPS) is 24.2. The molecule has 0 saturated carbocycles. The van der Waals surface area contributed by atoms with Crippen LogP contribution in [0.2, 0.25) is 5.02 Å². The highest BCUT2D eigenvalue weighted by atomic mass is 35.5. The molecule has 2 N–H and O–H groups in total. The maximum Gasteiger partial charge on any atom is 0.229 e. The van der Waals surface area contributed by atoms with Crippen LogP contribution in [0.4, 0.5) is 0 Å². The second kappa shape index (κ2) is 8.49. The third-order valence-corrected chi connectivity index (χ3v) is 5.60. The Morgan fingerprint density at radius 2 is 2.08 bits per heavy atom. The van der Waals surface area contributed by atoms with Gasteiger partial charge in [-0.3, -0.25) is 10.6 Å². The molecule has 1 amide bonds. The van der Waals surface area contributed by atoms with Crippen molar-refractivity contribution in [3.63, 3.8) is 0 Å². The van der Waals surface area contributed by atoms with Crippen molar-refractivity contribution in [1.29, 1.82) is 0 Å². The van der Waals surface area contributed by atoms with Crippen LogP contribution in [0, 0.1) is 10.3 Å². The van der Waals surface area contributed by atoms with Crippen molar-refractivity contribution in [1.82, 2.24) is 9.31 Å². The van der Waals surface area contributed by atoms with Gasteiger partial charge in [-0.15, -0.1) is 4.91 Å². The smallest absolute Gasteiger partial charge is 0.229 e. The maximum absolute atomic E-state index is 13.3. The highest BCUT2D eigenvalue weighted by Gasteiger charge is 2.45. The Morgan fingerprint density at radius 1 is 1.44 bits per heavy atom. The summed E-state index contributed by atoms with van der Waals surface area (Å²) in [7, 11) is 0. The van der Waals surface area contributed by atoms with E-state index < -0.39 is 5.41 Å². The van der Waals surface area contributed by atoms with Gasteiger partial charge in [0.2, 0.25) is 5.91 Å². The summed E-state index contributed by atoms with van der Waals surface area (Å²) in [6.45, 7) is 6.48. The van der Waals surface area contributed by atoms with E-state index in [9.17, 15) is 9.70 Å². The molecule has 2 atom stereocenters. The average molecular weight is 385 g/mol. The van der Waals surface area contributed by atoms with E-state index in [0.717, 1.165) is 18.4 Å². The molecule has 0 spiro atoms. The van der Waals surface area contributed by atoms with Gasteiger partial charge < -0.3 is 4.90 Å². The molecule has 8 heteroatoms. The van der Waals surface area contributed by atoms with Crippen molar-refractivity contribution < 1.29 is 4.79 Å². The van der Waals surface area contributed by atoms with Crippen LogP contribution in [-0.2, 0) is 4.79 Å². The average Bonchev–Trinajstić information content (AvgIpc) is 2.56. The fourth-order valence-electron chi connectivity index (χ4n) is 3.43. The lowest BCUT2D eigenvalue weighted by Crippen LogP contribution is -2.52. The van der Waals surface area contributed by atoms with Gasteiger partial charge in [-0.25, -0.2) is 0 Å². The number of likely N-dealkylation sites (tertiary alicyclic amines) is 1. The van der Waals surface area contributed by atoms with Gasteiger partial charge in [0, 0.05) is 27.6 Å². The van der Waals surface area contributed by atoms with Crippen LogP contribution in [0.15, 0.2) is 28.8 Å². The summed E-state index contributed by atoms with van der Waals surface area (Å²) in [6.07, 6.45) is 2.24. The van der Waals surface area contributed by atoms with Gasteiger partial charge in [-0.2, -0.15) is 4.41 Å². The first-order valence-electron chi connectivity index (χ1n) is 8.39. The molecule has 0 radical (unpaired) electrons. The van der Waals surface area contributed by atoms with Gasteiger partial charge >= 0.3 is 0 Å². The standard InChI is InChI=1S/C17H25ClN4O2S/c1-12(2)22-15(13-4-6-14(18)7-5-13)8-9-17(3,16(22)23)10-11-21(19)25-20-24/h4-7,12,15H,8-11,19H2,1-3H3/t15?,17-/m1/s1. The molecule has 0 aliphatic carbocycles. The first kappa shape index (κ1) is 20.2. The zero-order valence-electron chi connectivity index (χ0n) is 14.8. The molecule has 1 aliphatic heterocycles. The quantitative estimate of drug-likeness (QED) is 0.328. The number of carbonyl (C=O) groups excluding carboxylic acids is 1. The van der Waals surface area contributed by atoms with Crippen LogP contribution < -0.4 is 5.84 Å². The van der Waals surface area contributed by atoms with Crippen molar-refractivity contribution in [2.75, 3.05) is 6.54 Å². The van der Waals surface area contributed by atoms with E-state index in [4.69, 9.17) is 17.4 Å². The fourth-order valence-corrected chi connectivity index (χ4v) is 3.82. The first-order chi connectivity index (χ1) is 11.8. The van der Waals surface area contributed by atoms with Crippen molar-refractivity contribution in [3.8, 4) is 0 Å². The molecule has 1 heterocycles. The second-order valence-electron chi connectivity index (χ2n) is 7.02. The molecule has 1 unspecified atom stereocenters. The zero-order valence-corrected chi connectivity index (χ0v) is 16.4. The topological polar surface area (TPSA) is 79.0 Å². The Morgan fingerprint density at radius 3 is 2.64 bits per heavy atom. The van der Waals surface area contributed by atoms with E-state index in [1.807, 2.05) is 49.9 Å². The summed E-state index contributed by atoms with van der Waals surface area (Å²) < 4.78 is 3.98. The molecular weight excluding hydrogens is 360 g/mol. The Labute approximate surface area is 158 Å². The molecule has 0 aromatic heterocycles. The maximum atomic E-state index is 13.3. The van der Waals surface area contributed by atoms with E-state index in [1.165, 1.54) is 4.41 Å². The van der Waals surface area contributed by atoms with Crippen molar-refractivity contribution in [2.24, 2.45) is 15.8 Å². The largest absolute Gasteiger partial charge is 0.333 e. The van der Waals surface area contributed by atoms with Crippen LogP contribution in [-0.4, -0.2) is 27.8 Å². The minimum atomic E-state index is -0.492. The molecule has 1 fully saturated rings. The zero-order chi connectivity index (χ0) is 18.6. The van der Waals surface area contributed by atoms with Crippen LogP contribution in [0.5, 0.6) is 0 Å². The summed E-state index contributed by atoms with van der Waals surface area (Å²) in [4.78, 5) is 25.5. The molecule has 25 heavy (non-hydrogen) atoms. The second-order valence-corrected chi connectivity index (χ2v) is 8.24. The Kier molecular flexibility index (Phi) is 6.85. The number of amides is 1. The lowest BCUT2D eigenvalue weighted by molar-refractivity contribution is -0.152. The number of nitrogens with two attached hydrogens (primary N) is 1. The van der Waals surface area contributed by atoms with Gasteiger partial charge in [0.25, 0.3) is 0 Å². The number of nitrogens with zero attached hydrogens (tertiary/aromatic N) is 3. The number of halogens is 1. The van der Waals surface area contributed by atoms with Crippen LogP contribution >= 0.6 is 23.7 Å². The van der Waals surface area contributed by atoms with Crippen molar-refractivity contribution in [3.05, 3.63) is 39.8 Å². The number of benzene rings is 1. The molecule has 2 rings (SSSR count). The summed E-state index contributed by atoms with van der Waals surface area (Å²) in [6, 6.07) is 7.86. The third kappa shape index (κ3) is 4.73. The molecular formula is C17H25ClN4O2S. The predicted molar refractivity (Wildman–Crippen MR) is 102 cm³/mol. The number of hydrogen-bond acceptors (Lipinski definition) is 6. The molecule has 138 valence electrons. The van der Waals surface area contributed by atoms with E-state index in [0.29, 0.717) is 30.1 Å². The number of carbonyl (C=O) groups is 1. The SMILES string of the molecule is CC(C)N1C(=O)[C@@](C)(CCN(N)SN=O)CCC1c1ccc(Cl)cc1. The summed E-state index contributed by atoms with van der Waals surface area (Å²) in [5.41, 5.74) is 0.614. The van der Waals surface area contributed by atoms with E-state index in [2.05, 4.69) is 4.58 Å². The predicted octanol–water partition coefficient (Wildman–Crippen LogP) is 4.31. The Balaban J connectivity index is 2.18. The van der Waals surface area contributed by atoms with Gasteiger partial charge in [0.15, 0.2) is 0 Å². The third-order valence-electron chi connectivity index (χ3n) is 4.89. The minimum absolute atomic E-state index is 0.0536. The van der Waals surface area contributed by atoms with Crippen LogP contribution in [0.1, 0.15) is 51.6 Å². The fraction of sp³-hybridized carbons (Fsp3) is 0.588. The minimum Gasteiger partial charge on any atom is -0.333 e. The lowest BCUT2D eigenvalue weighted by Gasteiger charge is -2.47. The summed E-state index contributed by atoms with van der Waals surface area (Å²) in [5.74, 6) is 5.83. The van der Waals surface area contributed by atoms with Gasteiger partial charge in [0.05, 0.1) is 6.04 Å². The molecule has 1 aromatic carbocycles. The highest BCUT2D eigenvalue weighted by molar-refractivity contribution is 7.95. The highest BCUT2D eigenvalue weighted by Crippen LogP contribution is 2.44. The molecule has 6 nitrogen and oxygen atoms in total. The van der Waals surface area contributed by atoms with Crippen molar-refractivity contribution in [2.45, 2.75) is 52.1 Å². The van der Waals surface area contributed by atoms with E-state index in [1.54, 1.807) is 0 Å². The van der Waals surface area contributed by atoms with Gasteiger partial charge in [-0.1, -0.05) is 30.7 Å². The number of hydrazine groups is 1. The monoisotopic (exact) mass is 384 g/mol.